The van der Waals surface area contributed by atoms with Crippen LogP contribution in [0, 0.1) is 5.82 Å². The monoisotopic (exact) mass is 264 g/mol. The van der Waals surface area contributed by atoms with Gasteiger partial charge in [0, 0.05) is 0 Å². The predicted octanol–water partition coefficient (Wildman–Crippen LogP) is 4.62. The molecule has 0 spiro atoms. The molecule has 0 aliphatic carbocycles. The van der Waals surface area contributed by atoms with Gasteiger partial charge >= 0.3 is 0 Å². The molecule has 0 fully saturated rings. The Morgan fingerprint density at radius 3 is 2.67 bits per heavy atom. The van der Waals surface area contributed by atoms with Gasteiger partial charge in [-0.3, -0.25) is 0 Å². The molecule has 0 saturated carbocycles. The Labute approximate surface area is 111 Å². The molecule has 0 aromatic heterocycles. The second-order valence-electron chi connectivity index (χ2n) is 4.00. The molecule has 0 atom stereocenters. The first kappa shape index (κ1) is 12.9. The lowest BCUT2D eigenvalue weighted by atomic mass is 10.1. The van der Waals surface area contributed by atoms with Gasteiger partial charge in [-0.25, -0.2) is 4.39 Å². The quantitative estimate of drug-likeness (QED) is 0.783. The van der Waals surface area contributed by atoms with Crippen molar-refractivity contribution in [3.05, 3.63) is 64.4 Å². The van der Waals surface area contributed by atoms with Crippen molar-refractivity contribution in [1.82, 2.24) is 0 Å². The summed E-state index contributed by atoms with van der Waals surface area (Å²) in [6.45, 7) is 2.41. The van der Waals surface area contributed by atoms with Crippen molar-refractivity contribution >= 4 is 11.6 Å². The number of hydrogen-bond acceptors (Lipinski definition) is 1. The lowest BCUT2D eigenvalue weighted by Crippen LogP contribution is -1.98. The average molecular weight is 265 g/mol. The molecule has 2 rings (SSSR count). The second-order valence-corrected chi connectivity index (χ2v) is 4.41. The van der Waals surface area contributed by atoms with Crippen LogP contribution in [0.4, 0.5) is 4.39 Å². The summed E-state index contributed by atoms with van der Waals surface area (Å²) in [6, 6.07) is 12.6. The van der Waals surface area contributed by atoms with Gasteiger partial charge in [-0.2, -0.15) is 0 Å². The van der Waals surface area contributed by atoms with Crippen LogP contribution in [-0.4, -0.2) is 0 Å². The summed E-state index contributed by atoms with van der Waals surface area (Å²) in [5.74, 6) is 0.428. The molecule has 0 saturated heterocycles. The third-order valence-corrected chi connectivity index (χ3v) is 3.04. The number of benzene rings is 2. The minimum absolute atomic E-state index is 0.132. The lowest BCUT2D eigenvalue weighted by molar-refractivity contribution is 0.302. The topological polar surface area (TPSA) is 9.23 Å². The SMILES string of the molecule is CCc1ccccc1OCc1ccc(Cl)c(F)c1. The molecular formula is C15H14ClFO. The normalized spacial score (nSPS) is 10.4. The maximum atomic E-state index is 13.3. The van der Waals surface area contributed by atoms with Gasteiger partial charge in [-0.15, -0.1) is 0 Å². The number of para-hydroxylation sites is 1. The minimum Gasteiger partial charge on any atom is -0.489 e. The standard InChI is InChI=1S/C15H14ClFO/c1-2-12-5-3-4-6-15(12)18-10-11-7-8-13(16)14(17)9-11/h3-9H,2,10H2,1H3. The van der Waals surface area contributed by atoms with Crippen LogP contribution in [0.2, 0.25) is 5.02 Å². The summed E-state index contributed by atoms with van der Waals surface area (Å²) in [5, 5.41) is 0.132. The van der Waals surface area contributed by atoms with E-state index < -0.39 is 5.82 Å². The fourth-order valence-electron chi connectivity index (χ4n) is 1.73. The van der Waals surface area contributed by atoms with Crippen LogP contribution in [0.3, 0.4) is 0 Å². The molecule has 18 heavy (non-hydrogen) atoms. The summed E-state index contributed by atoms with van der Waals surface area (Å²) in [4.78, 5) is 0. The average Bonchev–Trinajstić information content (AvgIpc) is 2.40. The Morgan fingerprint density at radius 2 is 1.94 bits per heavy atom. The van der Waals surface area contributed by atoms with E-state index in [1.807, 2.05) is 24.3 Å². The third kappa shape index (κ3) is 3.02. The summed E-state index contributed by atoms with van der Waals surface area (Å²) in [5.41, 5.74) is 1.91. The summed E-state index contributed by atoms with van der Waals surface area (Å²) in [6.07, 6.45) is 0.908. The summed E-state index contributed by atoms with van der Waals surface area (Å²) < 4.78 is 19.0. The zero-order valence-corrected chi connectivity index (χ0v) is 10.9. The van der Waals surface area contributed by atoms with E-state index in [1.165, 1.54) is 6.07 Å². The number of aryl methyl sites for hydroxylation is 1. The van der Waals surface area contributed by atoms with Gasteiger partial charge < -0.3 is 4.74 Å². The van der Waals surface area contributed by atoms with Crippen molar-refractivity contribution < 1.29 is 9.13 Å². The molecule has 0 amide bonds. The van der Waals surface area contributed by atoms with Crippen LogP contribution in [0.15, 0.2) is 42.5 Å². The number of ether oxygens (including phenoxy) is 1. The first-order valence-corrected chi connectivity index (χ1v) is 6.23. The Bertz CT molecular complexity index is 540. The molecule has 0 bridgehead atoms. The van der Waals surface area contributed by atoms with Crippen molar-refractivity contribution in [3.8, 4) is 5.75 Å². The third-order valence-electron chi connectivity index (χ3n) is 2.73. The molecule has 3 heteroatoms. The Kier molecular flexibility index (Phi) is 4.21. The van der Waals surface area contributed by atoms with Crippen molar-refractivity contribution in [2.45, 2.75) is 20.0 Å². The van der Waals surface area contributed by atoms with Gasteiger partial charge in [0.2, 0.25) is 0 Å². The van der Waals surface area contributed by atoms with Gasteiger partial charge in [0.05, 0.1) is 5.02 Å². The van der Waals surface area contributed by atoms with Crippen molar-refractivity contribution in [2.75, 3.05) is 0 Å². The second kappa shape index (κ2) is 5.87. The zero-order valence-electron chi connectivity index (χ0n) is 10.1. The Hall–Kier alpha value is -1.54. The van der Waals surface area contributed by atoms with E-state index in [-0.39, 0.29) is 5.02 Å². The molecule has 2 aromatic carbocycles. The number of halogens is 2. The smallest absolute Gasteiger partial charge is 0.142 e. The number of rotatable bonds is 4. The Morgan fingerprint density at radius 1 is 1.17 bits per heavy atom. The van der Waals surface area contributed by atoms with Gasteiger partial charge in [0.15, 0.2) is 0 Å². The molecule has 0 aliphatic heterocycles. The first-order valence-electron chi connectivity index (χ1n) is 5.85. The fourth-order valence-corrected chi connectivity index (χ4v) is 1.84. The molecule has 0 unspecified atom stereocenters. The first-order chi connectivity index (χ1) is 8.70. The highest BCUT2D eigenvalue weighted by atomic mass is 35.5. The zero-order chi connectivity index (χ0) is 13.0. The maximum absolute atomic E-state index is 13.3. The van der Waals surface area contributed by atoms with Gasteiger partial charge in [-0.05, 0) is 35.7 Å². The van der Waals surface area contributed by atoms with E-state index >= 15 is 0 Å². The minimum atomic E-state index is -0.415. The molecule has 1 nitrogen and oxygen atoms in total. The summed E-state index contributed by atoms with van der Waals surface area (Å²) >= 11 is 5.63. The van der Waals surface area contributed by atoms with Crippen LogP contribution >= 0.6 is 11.6 Å². The van der Waals surface area contributed by atoms with Crippen LogP contribution in [0.5, 0.6) is 5.75 Å². The molecule has 2 aromatic rings. The fraction of sp³-hybridized carbons (Fsp3) is 0.200. The van der Waals surface area contributed by atoms with E-state index in [0.29, 0.717) is 6.61 Å². The summed E-state index contributed by atoms with van der Waals surface area (Å²) in [7, 11) is 0. The van der Waals surface area contributed by atoms with Crippen molar-refractivity contribution in [1.29, 1.82) is 0 Å². The van der Waals surface area contributed by atoms with Gasteiger partial charge in [-0.1, -0.05) is 42.8 Å². The van der Waals surface area contributed by atoms with E-state index in [2.05, 4.69) is 6.92 Å². The van der Waals surface area contributed by atoms with E-state index in [0.717, 1.165) is 23.3 Å². The van der Waals surface area contributed by atoms with Crippen molar-refractivity contribution in [3.63, 3.8) is 0 Å². The molecule has 0 N–H and O–H groups in total. The van der Waals surface area contributed by atoms with Crippen LogP contribution in [-0.2, 0) is 13.0 Å². The van der Waals surface area contributed by atoms with E-state index in [4.69, 9.17) is 16.3 Å². The lowest BCUT2D eigenvalue weighted by Gasteiger charge is -2.10. The van der Waals surface area contributed by atoms with Crippen molar-refractivity contribution in [2.24, 2.45) is 0 Å². The van der Waals surface area contributed by atoms with Crippen LogP contribution < -0.4 is 4.74 Å². The molecule has 0 aliphatic rings. The Balaban J connectivity index is 2.09. The molecule has 94 valence electrons. The number of hydrogen-bond donors (Lipinski definition) is 0. The highest BCUT2D eigenvalue weighted by Gasteiger charge is 2.04. The van der Waals surface area contributed by atoms with Gasteiger partial charge in [0.25, 0.3) is 0 Å². The van der Waals surface area contributed by atoms with Crippen LogP contribution in [0.25, 0.3) is 0 Å². The molecular weight excluding hydrogens is 251 g/mol. The van der Waals surface area contributed by atoms with E-state index in [9.17, 15) is 4.39 Å². The highest BCUT2D eigenvalue weighted by Crippen LogP contribution is 2.21. The van der Waals surface area contributed by atoms with Gasteiger partial charge in [0.1, 0.15) is 18.2 Å². The van der Waals surface area contributed by atoms with E-state index in [1.54, 1.807) is 12.1 Å². The predicted molar refractivity (Wildman–Crippen MR) is 71.6 cm³/mol. The largest absolute Gasteiger partial charge is 0.489 e. The van der Waals surface area contributed by atoms with Crippen LogP contribution in [0.1, 0.15) is 18.1 Å². The highest BCUT2D eigenvalue weighted by molar-refractivity contribution is 6.30. The molecule has 0 heterocycles. The molecule has 0 radical (unpaired) electrons. The maximum Gasteiger partial charge on any atom is 0.142 e.